The van der Waals surface area contributed by atoms with Gasteiger partial charge in [-0.15, -0.1) is 0 Å². The van der Waals surface area contributed by atoms with Crippen molar-refractivity contribution in [3.63, 3.8) is 0 Å². The van der Waals surface area contributed by atoms with Gasteiger partial charge in [-0.25, -0.2) is 0 Å². The van der Waals surface area contributed by atoms with Gasteiger partial charge in [0.25, 0.3) is 0 Å². The third kappa shape index (κ3) is 3.55. The molecule has 1 aliphatic heterocycles. The first-order chi connectivity index (χ1) is 12.7. The third-order valence-corrected chi connectivity index (χ3v) is 5.01. The normalized spacial score (nSPS) is 16.3. The van der Waals surface area contributed by atoms with Gasteiger partial charge in [-0.3, -0.25) is 4.99 Å². The summed E-state index contributed by atoms with van der Waals surface area (Å²) in [6, 6.07) is 26.1. The molecule has 4 heteroatoms. The lowest BCUT2D eigenvalue weighted by atomic mass is 10.0. The number of thiocarbonyl (C=S) groups is 1. The summed E-state index contributed by atoms with van der Waals surface area (Å²) in [5.41, 5.74) is 5.10. The van der Waals surface area contributed by atoms with Crippen LogP contribution in [0.4, 0.5) is 5.69 Å². The molecule has 0 aromatic heterocycles. The molecule has 1 heterocycles. The Morgan fingerprint density at radius 2 is 1.62 bits per heavy atom. The van der Waals surface area contributed by atoms with Gasteiger partial charge in [-0.2, -0.15) is 0 Å². The minimum absolute atomic E-state index is 0.131. The number of halogens is 1. The Morgan fingerprint density at radius 1 is 0.923 bits per heavy atom. The van der Waals surface area contributed by atoms with E-state index in [-0.39, 0.29) is 6.04 Å². The molecule has 0 amide bonds. The largest absolute Gasteiger partial charge is 0.348 e. The van der Waals surface area contributed by atoms with E-state index < -0.39 is 0 Å². The van der Waals surface area contributed by atoms with Crippen LogP contribution in [0.15, 0.2) is 83.9 Å². The highest BCUT2D eigenvalue weighted by molar-refractivity contribution is 7.80. The maximum Gasteiger partial charge on any atom is 0.105 e. The molecule has 3 aromatic carbocycles. The van der Waals surface area contributed by atoms with Gasteiger partial charge in [0.1, 0.15) is 11.0 Å². The summed E-state index contributed by atoms with van der Waals surface area (Å²) < 4.78 is 0. The fourth-order valence-electron chi connectivity index (χ4n) is 3.12. The van der Waals surface area contributed by atoms with E-state index in [0.29, 0.717) is 5.02 Å². The van der Waals surface area contributed by atoms with E-state index in [4.69, 9.17) is 28.8 Å². The Balaban J connectivity index is 1.83. The minimum atomic E-state index is -0.131. The number of hydrogen-bond donors (Lipinski definition) is 1. The van der Waals surface area contributed by atoms with E-state index >= 15 is 0 Å². The summed E-state index contributed by atoms with van der Waals surface area (Å²) in [6.07, 6.45) is 0.755. The van der Waals surface area contributed by atoms with Gasteiger partial charge in [-0.1, -0.05) is 84.5 Å². The smallest absolute Gasteiger partial charge is 0.105 e. The summed E-state index contributed by atoms with van der Waals surface area (Å²) in [6.45, 7) is 0. The minimum Gasteiger partial charge on any atom is -0.348 e. The maximum absolute atomic E-state index is 6.27. The fraction of sp³-hybridized carbons (Fsp3) is 0.0909. The van der Waals surface area contributed by atoms with Crippen LogP contribution in [0.3, 0.4) is 0 Å². The molecule has 1 atom stereocenters. The van der Waals surface area contributed by atoms with Crippen molar-refractivity contribution in [2.75, 3.05) is 5.32 Å². The molecule has 0 aliphatic carbocycles. The van der Waals surface area contributed by atoms with Crippen molar-refractivity contribution < 1.29 is 0 Å². The van der Waals surface area contributed by atoms with Crippen LogP contribution in [0.1, 0.15) is 16.7 Å². The third-order valence-electron chi connectivity index (χ3n) is 4.40. The van der Waals surface area contributed by atoms with Gasteiger partial charge < -0.3 is 5.32 Å². The predicted molar refractivity (Wildman–Crippen MR) is 114 cm³/mol. The number of hydrogen-bond acceptors (Lipinski definition) is 2. The van der Waals surface area contributed by atoms with Gasteiger partial charge >= 0.3 is 0 Å². The Labute approximate surface area is 163 Å². The highest BCUT2D eigenvalue weighted by Gasteiger charge is 2.23. The quantitative estimate of drug-likeness (QED) is 0.607. The van der Waals surface area contributed by atoms with Crippen LogP contribution in [-0.4, -0.2) is 16.7 Å². The molecule has 0 bridgehead atoms. The number of nitrogens with one attached hydrogen (secondary N) is 1. The van der Waals surface area contributed by atoms with E-state index in [1.54, 1.807) is 0 Å². The standard InChI is InChI=1S/C22H17ClN2S/c23-17-11-12-19-18(14-17)21(16-9-5-2-6-10-16)24-20(22(26)25-19)13-15-7-3-1-4-8-15/h1-12,14,20H,13H2,(H,25,26)/t20-/m1/s1. The molecule has 0 saturated heterocycles. The molecule has 2 nitrogen and oxygen atoms in total. The van der Waals surface area contributed by atoms with Gasteiger partial charge in [0.05, 0.1) is 5.71 Å². The lowest BCUT2D eigenvalue weighted by molar-refractivity contribution is 0.862. The first-order valence-electron chi connectivity index (χ1n) is 8.48. The topological polar surface area (TPSA) is 24.4 Å². The summed E-state index contributed by atoms with van der Waals surface area (Å²) in [5.74, 6) is 0. The van der Waals surface area contributed by atoms with Crippen molar-refractivity contribution in [3.05, 3.63) is 101 Å². The summed E-state index contributed by atoms with van der Waals surface area (Å²) in [4.78, 5) is 5.78. The van der Waals surface area contributed by atoms with Gasteiger partial charge in [0.15, 0.2) is 0 Å². The molecule has 0 spiro atoms. The highest BCUT2D eigenvalue weighted by Crippen LogP contribution is 2.28. The number of fused-ring (bicyclic) bond motifs is 1. The molecule has 1 N–H and O–H groups in total. The average Bonchev–Trinajstić information content (AvgIpc) is 2.80. The molecule has 3 aromatic rings. The molecule has 128 valence electrons. The van der Waals surface area contributed by atoms with Crippen molar-refractivity contribution in [3.8, 4) is 0 Å². The van der Waals surface area contributed by atoms with Gasteiger partial charge in [0.2, 0.25) is 0 Å². The van der Waals surface area contributed by atoms with E-state index in [1.165, 1.54) is 5.56 Å². The number of anilines is 1. The molecule has 1 aliphatic rings. The van der Waals surface area contributed by atoms with Crippen LogP contribution >= 0.6 is 23.8 Å². The van der Waals surface area contributed by atoms with Crippen LogP contribution in [0.25, 0.3) is 0 Å². The van der Waals surface area contributed by atoms with Crippen LogP contribution in [0.2, 0.25) is 5.02 Å². The van der Waals surface area contributed by atoms with Crippen molar-refractivity contribution in [1.82, 2.24) is 0 Å². The number of aliphatic imine (C=N–C) groups is 1. The zero-order valence-corrected chi connectivity index (χ0v) is 15.6. The molecule has 4 rings (SSSR count). The van der Waals surface area contributed by atoms with E-state index in [1.807, 2.05) is 54.6 Å². The summed E-state index contributed by atoms with van der Waals surface area (Å²) in [7, 11) is 0. The lowest BCUT2D eigenvalue weighted by Crippen LogP contribution is -2.25. The van der Waals surface area contributed by atoms with Gasteiger partial charge in [0, 0.05) is 28.3 Å². The van der Waals surface area contributed by atoms with Crippen molar-refractivity contribution in [2.24, 2.45) is 4.99 Å². The molecule has 0 unspecified atom stereocenters. The Bertz CT molecular complexity index is 968. The van der Waals surface area contributed by atoms with Crippen molar-refractivity contribution in [1.29, 1.82) is 0 Å². The molecule has 0 fully saturated rings. The Morgan fingerprint density at radius 3 is 2.35 bits per heavy atom. The maximum atomic E-state index is 6.27. The number of nitrogens with zero attached hydrogens (tertiary/aromatic N) is 1. The van der Waals surface area contributed by atoms with E-state index in [9.17, 15) is 0 Å². The molecular weight excluding hydrogens is 360 g/mol. The molecule has 0 saturated carbocycles. The van der Waals surface area contributed by atoms with Crippen molar-refractivity contribution >= 4 is 40.2 Å². The number of benzene rings is 3. The van der Waals surface area contributed by atoms with Crippen LogP contribution < -0.4 is 5.32 Å². The molecule has 0 radical (unpaired) electrons. The second-order valence-electron chi connectivity index (χ2n) is 6.23. The van der Waals surface area contributed by atoms with Gasteiger partial charge in [-0.05, 0) is 23.8 Å². The SMILES string of the molecule is S=C1Nc2ccc(Cl)cc2C(c2ccccc2)=N[C@@H]1Cc1ccccc1. The van der Waals surface area contributed by atoms with Crippen LogP contribution in [-0.2, 0) is 6.42 Å². The summed E-state index contributed by atoms with van der Waals surface area (Å²) >= 11 is 11.9. The summed E-state index contributed by atoms with van der Waals surface area (Å²) in [5, 5.41) is 4.06. The second-order valence-corrected chi connectivity index (χ2v) is 7.10. The number of benzodiazepines with no additional fused rings is 1. The molecule has 26 heavy (non-hydrogen) atoms. The Kier molecular flexibility index (Phi) is 4.83. The average molecular weight is 377 g/mol. The lowest BCUT2D eigenvalue weighted by Gasteiger charge is -2.14. The first-order valence-corrected chi connectivity index (χ1v) is 9.27. The van der Waals surface area contributed by atoms with E-state index in [0.717, 1.165) is 33.9 Å². The predicted octanol–water partition coefficient (Wildman–Crippen LogP) is 5.54. The Hall–Kier alpha value is -2.49. The fourth-order valence-corrected chi connectivity index (χ4v) is 3.54. The molecular formula is C22H17ClN2S. The second kappa shape index (κ2) is 7.40. The highest BCUT2D eigenvalue weighted by atomic mass is 35.5. The van der Waals surface area contributed by atoms with Crippen molar-refractivity contribution in [2.45, 2.75) is 12.5 Å². The number of rotatable bonds is 3. The zero-order valence-electron chi connectivity index (χ0n) is 14.0. The first kappa shape index (κ1) is 17.0. The monoisotopic (exact) mass is 376 g/mol. The van der Waals surface area contributed by atoms with Crippen LogP contribution in [0.5, 0.6) is 0 Å². The van der Waals surface area contributed by atoms with Crippen LogP contribution in [0, 0.1) is 0 Å². The van der Waals surface area contributed by atoms with E-state index in [2.05, 4.69) is 29.6 Å². The zero-order chi connectivity index (χ0) is 17.9.